The highest BCUT2D eigenvalue weighted by Crippen LogP contribution is 2.36. The largest absolute Gasteiger partial charge is 0.460 e. The molecular weight excluding hydrogens is 439 g/mol. The molecule has 3 rings (SSSR count). The Kier molecular flexibility index (Phi) is 7.91. The van der Waals surface area contributed by atoms with E-state index in [4.69, 9.17) is 14.2 Å². The first-order valence-electron chi connectivity index (χ1n) is 11.0. The number of carbonyl (C=O) groups excluding carboxylic acids is 1. The predicted molar refractivity (Wildman–Crippen MR) is 116 cm³/mol. The molecule has 0 radical (unpaired) electrons. The molecule has 1 aliphatic rings. The molecule has 0 N–H and O–H groups in total. The number of aromatic nitrogens is 2. The van der Waals surface area contributed by atoms with E-state index in [1.54, 1.807) is 6.92 Å². The number of benzene rings is 1. The Hall–Kier alpha value is -2.72. The number of hydrogen-bond donors (Lipinski definition) is 0. The average molecular weight is 467 g/mol. The standard InChI is InChI=1S/C23H28F3N3O4/c1-4-31-21(30)19-27-15-18(16-7-9-17(10-8-16)23(24,25)26)20(28-19)29-13-11-22(12-14-29,32-5-2)33-6-3/h7-10,15H,4-6,11-14H2,1-3H3. The van der Waals surface area contributed by atoms with Gasteiger partial charge < -0.3 is 19.1 Å². The van der Waals surface area contributed by atoms with Crippen LogP contribution in [0.25, 0.3) is 11.1 Å². The molecule has 0 atom stereocenters. The highest BCUT2D eigenvalue weighted by Gasteiger charge is 2.37. The van der Waals surface area contributed by atoms with Crippen molar-refractivity contribution in [2.24, 2.45) is 0 Å². The first-order valence-corrected chi connectivity index (χ1v) is 11.0. The van der Waals surface area contributed by atoms with Gasteiger partial charge in [-0.25, -0.2) is 14.8 Å². The van der Waals surface area contributed by atoms with E-state index < -0.39 is 23.5 Å². The normalized spacial score (nSPS) is 16.0. The van der Waals surface area contributed by atoms with E-state index >= 15 is 0 Å². The number of piperidine rings is 1. The molecule has 1 aliphatic heterocycles. The van der Waals surface area contributed by atoms with Gasteiger partial charge in [0.1, 0.15) is 5.82 Å². The van der Waals surface area contributed by atoms with Gasteiger partial charge in [-0.2, -0.15) is 13.2 Å². The molecule has 0 amide bonds. The topological polar surface area (TPSA) is 73.8 Å². The Morgan fingerprint density at radius 3 is 2.15 bits per heavy atom. The molecule has 0 bridgehead atoms. The second kappa shape index (κ2) is 10.5. The fourth-order valence-electron chi connectivity index (χ4n) is 3.87. The summed E-state index contributed by atoms with van der Waals surface area (Å²) in [4.78, 5) is 22.7. The van der Waals surface area contributed by atoms with Crippen molar-refractivity contribution in [2.75, 3.05) is 37.8 Å². The van der Waals surface area contributed by atoms with Crippen LogP contribution < -0.4 is 4.90 Å². The number of carbonyl (C=O) groups is 1. The van der Waals surface area contributed by atoms with Crippen molar-refractivity contribution >= 4 is 11.8 Å². The van der Waals surface area contributed by atoms with Crippen LogP contribution in [0.1, 0.15) is 49.8 Å². The molecule has 1 fully saturated rings. The Morgan fingerprint density at radius 2 is 1.64 bits per heavy atom. The lowest BCUT2D eigenvalue weighted by atomic mass is 10.0. The van der Waals surface area contributed by atoms with Gasteiger partial charge in [-0.1, -0.05) is 12.1 Å². The monoisotopic (exact) mass is 467 g/mol. The van der Waals surface area contributed by atoms with Crippen LogP contribution in [0.2, 0.25) is 0 Å². The van der Waals surface area contributed by atoms with Crippen molar-refractivity contribution in [3.05, 3.63) is 41.9 Å². The Morgan fingerprint density at radius 1 is 1.03 bits per heavy atom. The van der Waals surface area contributed by atoms with Crippen LogP contribution >= 0.6 is 0 Å². The minimum absolute atomic E-state index is 0.103. The van der Waals surface area contributed by atoms with Gasteiger partial charge in [0.2, 0.25) is 5.82 Å². The summed E-state index contributed by atoms with van der Waals surface area (Å²) in [5.74, 6) is -0.998. The number of ether oxygens (including phenoxy) is 3. The predicted octanol–water partition coefficient (Wildman–Crippen LogP) is 4.71. The first kappa shape index (κ1) is 24.9. The number of halogens is 3. The zero-order valence-electron chi connectivity index (χ0n) is 18.9. The van der Waals surface area contributed by atoms with Gasteiger partial charge in [0.15, 0.2) is 5.79 Å². The second-order valence-electron chi connectivity index (χ2n) is 7.49. The van der Waals surface area contributed by atoms with Gasteiger partial charge in [-0.3, -0.25) is 0 Å². The van der Waals surface area contributed by atoms with Gasteiger partial charge in [0.25, 0.3) is 0 Å². The van der Waals surface area contributed by atoms with Crippen molar-refractivity contribution < 1.29 is 32.2 Å². The lowest BCUT2D eigenvalue weighted by Gasteiger charge is -2.41. The first-order chi connectivity index (χ1) is 15.7. The minimum Gasteiger partial charge on any atom is -0.460 e. The van der Waals surface area contributed by atoms with Crippen LogP contribution in [0.15, 0.2) is 30.5 Å². The smallest absolute Gasteiger partial charge is 0.416 e. The molecule has 33 heavy (non-hydrogen) atoms. The Labute approximate surface area is 190 Å². The van der Waals surface area contributed by atoms with Crippen LogP contribution in [0.5, 0.6) is 0 Å². The molecule has 2 aromatic rings. The molecule has 10 heteroatoms. The van der Waals surface area contributed by atoms with Crippen LogP contribution in [0.3, 0.4) is 0 Å². The van der Waals surface area contributed by atoms with E-state index in [0.717, 1.165) is 12.1 Å². The summed E-state index contributed by atoms with van der Waals surface area (Å²) in [6.45, 7) is 7.74. The summed E-state index contributed by atoms with van der Waals surface area (Å²) in [5.41, 5.74) is 0.296. The fraction of sp³-hybridized carbons (Fsp3) is 0.522. The van der Waals surface area contributed by atoms with Crippen LogP contribution in [-0.4, -0.2) is 54.6 Å². The van der Waals surface area contributed by atoms with E-state index in [2.05, 4.69) is 9.97 Å². The maximum absolute atomic E-state index is 13.0. The number of hydrogen-bond acceptors (Lipinski definition) is 7. The van der Waals surface area contributed by atoms with Gasteiger partial charge in [0, 0.05) is 50.9 Å². The molecule has 0 spiro atoms. The molecule has 1 saturated heterocycles. The molecule has 180 valence electrons. The zero-order chi connectivity index (χ0) is 24.1. The van der Waals surface area contributed by atoms with Crippen molar-refractivity contribution in [3.63, 3.8) is 0 Å². The summed E-state index contributed by atoms with van der Waals surface area (Å²) in [6, 6.07) is 4.79. The van der Waals surface area contributed by atoms with Gasteiger partial charge in [-0.15, -0.1) is 0 Å². The lowest BCUT2D eigenvalue weighted by Crippen LogP contribution is -2.48. The van der Waals surface area contributed by atoms with E-state index in [-0.39, 0.29) is 12.4 Å². The maximum atomic E-state index is 13.0. The van der Waals surface area contributed by atoms with Crippen LogP contribution in [-0.2, 0) is 20.4 Å². The Balaban J connectivity index is 1.96. The second-order valence-corrected chi connectivity index (χ2v) is 7.49. The van der Waals surface area contributed by atoms with Crippen molar-refractivity contribution in [1.82, 2.24) is 9.97 Å². The third kappa shape index (κ3) is 5.80. The molecule has 0 aliphatic carbocycles. The maximum Gasteiger partial charge on any atom is 0.416 e. The third-order valence-corrected chi connectivity index (χ3v) is 5.39. The highest BCUT2D eigenvalue weighted by atomic mass is 19.4. The van der Waals surface area contributed by atoms with Gasteiger partial charge in [0.05, 0.1) is 12.2 Å². The zero-order valence-corrected chi connectivity index (χ0v) is 18.9. The van der Waals surface area contributed by atoms with Gasteiger partial charge >= 0.3 is 12.1 Å². The van der Waals surface area contributed by atoms with Crippen LogP contribution in [0.4, 0.5) is 19.0 Å². The quantitative estimate of drug-likeness (QED) is 0.411. The van der Waals surface area contributed by atoms with E-state index in [9.17, 15) is 18.0 Å². The lowest BCUT2D eigenvalue weighted by molar-refractivity contribution is -0.242. The molecule has 0 saturated carbocycles. The van der Waals surface area contributed by atoms with Gasteiger partial charge in [-0.05, 0) is 38.5 Å². The van der Waals surface area contributed by atoms with E-state index in [1.165, 1.54) is 18.3 Å². The highest BCUT2D eigenvalue weighted by molar-refractivity contribution is 5.87. The SMILES string of the molecule is CCOC(=O)c1ncc(-c2ccc(C(F)(F)F)cc2)c(N2CCC(OCC)(OCC)CC2)n1. The molecule has 7 nitrogen and oxygen atoms in total. The van der Waals surface area contributed by atoms with Crippen molar-refractivity contribution in [2.45, 2.75) is 45.6 Å². The number of nitrogens with zero attached hydrogens (tertiary/aromatic N) is 3. The fourth-order valence-corrected chi connectivity index (χ4v) is 3.87. The molecule has 2 heterocycles. The molecular formula is C23H28F3N3O4. The summed E-state index contributed by atoms with van der Waals surface area (Å²) in [6.07, 6.45) is -1.84. The number of esters is 1. The molecule has 1 aromatic carbocycles. The average Bonchev–Trinajstić information content (AvgIpc) is 2.79. The number of anilines is 1. The Bertz CT molecular complexity index is 935. The number of alkyl halides is 3. The van der Waals surface area contributed by atoms with E-state index in [1.807, 2.05) is 18.7 Å². The van der Waals surface area contributed by atoms with E-state index in [0.29, 0.717) is 56.1 Å². The van der Waals surface area contributed by atoms with Crippen LogP contribution in [0, 0.1) is 0 Å². The summed E-state index contributed by atoms with van der Waals surface area (Å²) in [5, 5.41) is 0. The number of rotatable bonds is 8. The minimum atomic E-state index is -4.43. The molecule has 0 unspecified atom stereocenters. The summed E-state index contributed by atoms with van der Waals surface area (Å²) in [7, 11) is 0. The van der Waals surface area contributed by atoms with Crippen molar-refractivity contribution in [1.29, 1.82) is 0 Å². The third-order valence-electron chi connectivity index (χ3n) is 5.39. The molecule has 1 aromatic heterocycles. The summed E-state index contributed by atoms with van der Waals surface area (Å²) >= 11 is 0. The summed E-state index contributed by atoms with van der Waals surface area (Å²) < 4.78 is 55.8. The van der Waals surface area contributed by atoms with Crippen molar-refractivity contribution in [3.8, 4) is 11.1 Å².